The average molecular weight is 230 g/mol. The maximum atomic E-state index is 5.73. The number of pyridine rings is 1. The van der Waals surface area contributed by atoms with Crippen LogP contribution in [0.4, 0.5) is 5.69 Å². The van der Waals surface area contributed by atoms with Gasteiger partial charge in [-0.2, -0.15) is 0 Å². The van der Waals surface area contributed by atoms with Crippen LogP contribution in [0.25, 0.3) is 0 Å². The second kappa shape index (κ2) is 4.58. The van der Waals surface area contributed by atoms with Crippen molar-refractivity contribution in [3.63, 3.8) is 0 Å². The maximum absolute atomic E-state index is 5.73. The van der Waals surface area contributed by atoms with Crippen molar-refractivity contribution < 1.29 is 0 Å². The van der Waals surface area contributed by atoms with E-state index in [1.807, 2.05) is 6.07 Å². The molecule has 0 saturated carbocycles. The maximum Gasteiger partial charge on any atom is 0.103 e. The van der Waals surface area contributed by atoms with Crippen molar-refractivity contribution >= 4 is 17.4 Å². The van der Waals surface area contributed by atoms with Gasteiger partial charge in [-0.3, -0.25) is 0 Å². The molecule has 0 bridgehead atoms. The molecular formula is C13H14N2S. The molecule has 0 fully saturated rings. The van der Waals surface area contributed by atoms with Gasteiger partial charge < -0.3 is 5.73 Å². The van der Waals surface area contributed by atoms with E-state index in [1.165, 1.54) is 16.0 Å². The van der Waals surface area contributed by atoms with Crippen LogP contribution in [0.3, 0.4) is 0 Å². The molecule has 82 valence electrons. The molecular weight excluding hydrogens is 216 g/mol. The minimum Gasteiger partial charge on any atom is -0.399 e. The minimum atomic E-state index is 0.753. The van der Waals surface area contributed by atoms with Gasteiger partial charge in [0.1, 0.15) is 5.03 Å². The fraction of sp³-hybridized carbons (Fsp3) is 0.154. The molecule has 16 heavy (non-hydrogen) atoms. The molecule has 1 aromatic heterocycles. The van der Waals surface area contributed by atoms with Crippen LogP contribution in [-0.2, 0) is 0 Å². The standard InChI is InChI=1S/C13H14N2S/c1-9-3-4-10(2)12(7-9)16-13-8-11(14)5-6-15-13/h3-8H,1-2H3,(H2,14,15). The fourth-order valence-corrected chi connectivity index (χ4v) is 2.42. The van der Waals surface area contributed by atoms with Crippen molar-refractivity contribution in [2.24, 2.45) is 0 Å². The molecule has 0 radical (unpaired) electrons. The van der Waals surface area contributed by atoms with E-state index in [0.29, 0.717) is 0 Å². The second-order valence-corrected chi connectivity index (χ2v) is 4.86. The van der Waals surface area contributed by atoms with Crippen molar-refractivity contribution in [2.45, 2.75) is 23.8 Å². The molecule has 2 aromatic rings. The van der Waals surface area contributed by atoms with Crippen molar-refractivity contribution in [1.82, 2.24) is 4.98 Å². The molecule has 2 N–H and O–H groups in total. The molecule has 2 rings (SSSR count). The van der Waals surface area contributed by atoms with Crippen LogP contribution in [0.1, 0.15) is 11.1 Å². The number of benzene rings is 1. The largest absolute Gasteiger partial charge is 0.399 e. The third kappa shape index (κ3) is 2.55. The number of hydrogen-bond donors (Lipinski definition) is 1. The topological polar surface area (TPSA) is 38.9 Å². The Morgan fingerprint density at radius 3 is 2.69 bits per heavy atom. The van der Waals surface area contributed by atoms with E-state index in [0.717, 1.165) is 10.7 Å². The Bertz CT molecular complexity index is 509. The Balaban J connectivity index is 2.30. The second-order valence-electron chi connectivity index (χ2n) is 3.80. The zero-order chi connectivity index (χ0) is 11.5. The van der Waals surface area contributed by atoms with Crippen LogP contribution in [0.2, 0.25) is 0 Å². The van der Waals surface area contributed by atoms with Crippen LogP contribution in [0.5, 0.6) is 0 Å². The van der Waals surface area contributed by atoms with Crippen molar-refractivity contribution in [2.75, 3.05) is 5.73 Å². The molecule has 0 spiro atoms. The van der Waals surface area contributed by atoms with Gasteiger partial charge in [-0.15, -0.1) is 0 Å². The van der Waals surface area contributed by atoms with Crippen molar-refractivity contribution in [3.8, 4) is 0 Å². The first-order chi connectivity index (χ1) is 7.65. The van der Waals surface area contributed by atoms with E-state index in [1.54, 1.807) is 24.0 Å². The highest BCUT2D eigenvalue weighted by Crippen LogP contribution is 2.30. The number of aromatic nitrogens is 1. The van der Waals surface area contributed by atoms with Gasteiger partial charge in [0.25, 0.3) is 0 Å². The number of aryl methyl sites for hydroxylation is 2. The monoisotopic (exact) mass is 230 g/mol. The van der Waals surface area contributed by atoms with Crippen molar-refractivity contribution in [1.29, 1.82) is 0 Å². The Labute approximate surface area is 99.9 Å². The van der Waals surface area contributed by atoms with E-state index in [4.69, 9.17) is 5.73 Å². The summed E-state index contributed by atoms with van der Waals surface area (Å²) in [5.41, 5.74) is 9.00. The molecule has 2 nitrogen and oxygen atoms in total. The summed E-state index contributed by atoms with van der Waals surface area (Å²) in [5.74, 6) is 0. The molecule has 0 saturated heterocycles. The molecule has 0 aliphatic carbocycles. The minimum absolute atomic E-state index is 0.753. The number of nitrogens with zero attached hydrogens (tertiary/aromatic N) is 1. The summed E-state index contributed by atoms with van der Waals surface area (Å²) in [6.45, 7) is 4.20. The van der Waals surface area contributed by atoms with Crippen LogP contribution in [0, 0.1) is 13.8 Å². The lowest BCUT2D eigenvalue weighted by atomic mass is 10.2. The molecule has 3 heteroatoms. The third-order valence-corrected chi connectivity index (χ3v) is 3.41. The van der Waals surface area contributed by atoms with Gasteiger partial charge in [-0.25, -0.2) is 4.98 Å². The molecule has 0 amide bonds. The van der Waals surface area contributed by atoms with E-state index >= 15 is 0 Å². The zero-order valence-electron chi connectivity index (χ0n) is 9.40. The molecule has 0 aliphatic rings. The number of nitrogens with two attached hydrogens (primary N) is 1. The Hall–Kier alpha value is -1.48. The van der Waals surface area contributed by atoms with Gasteiger partial charge in [-0.05, 0) is 43.2 Å². The smallest absolute Gasteiger partial charge is 0.103 e. The van der Waals surface area contributed by atoms with Gasteiger partial charge in [-0.1, -0.05) is 23.9 Å². The molecule has 1 heterocycles. The van der Waals surface area contributed by atoms with E-state index in [9.17, 15) is 0 Å². The summed E-state index contributed by atoms with van der Waals surface area (Å²) in [4.78, 5) is 5.52. The first-order valence-electron chi connectivity index (χ1n) is 5.12. The lowest BCUT2D eigenvalue weighted by Crippen LogP contribution is -1.88. The number of anilines is 1. The Kier molecular flexibility index (Phi) is 3.15. The highest BCUT2D eigenvalue weighted by Gasteiger charge is 2.02. The van der Waals surface area contributed by atoms with Crippen LogP contribution in [-0.4, -0.2) is 4.98 Å². The van der Waals surface area contributed by atoms with Crippen LogP contribution < -0.4 is 5.73 Å². The molecule has 0 atom stereocenters. The predicted octanol–water partition coefficient (Wildman–Crippen LogP) is 3.43. The Morgan fingerprint density at radius 2 is 1.94 bits per heavy atom. The lowest BCUT2D eigenvalue weighted by Gasteiger charge is -2.06. The van der Waals surface area contributed by atoms with Crippen LogP contribution in [0.15, 0.2) is 46.5 Å². The van der Waals surface area contributed by atoms with E-state index in [-0.39, 0.29) is 0 Å². The summed E-state index contributed by atoms with van der Waals surface area (Å²) in [7, 11) is 0. The molecule has 1 aromatic carbocycles. The third-order valence-electron chi connectivity index (χ3n) is 2.32. The van der Waals surface area contributed by atoms with Gasteiger partial charge in [0, 0.05) is 16.8 Å². The summed E-state index contributed by atoms with van der Waals surface area (Å²) in [5, 5.41) is 0.939. The first kappa shape index (κ1) is 11.0. The zero-order valence-corrected chi connectivity index (χ0v) is 10.2. The quantitative estimate of drug-likeness (QED) is 0.859. The lowest BCUT2D eigenvalue weighted by molar-refractivity contribution is 1.13. The normalized spacial score (nSPS) is 10.4. The molecule has 0 unspecified atom stereocenters. The van der Waals surface area contributed by atoms with Gasteiger partial charge in [0.05, 0.1) is 0 Å². The SMILES string of the molecule is Cc1ccc(C)c(Sc2cc(N)ccn2)c1. The number of hydrogen-bond acceptors (Lipinski definition) is 3. The van der Waals surface area contributed by atoms with Crippen molar-refractivity contribution in [3.05, 3.63) is 47.7 Å². The summed E-state index contributed by atoms with van der Waals surface area (Å²) in [6, 6.07) is 10.1. The Morgan fingerprint density at radius 1 is 1.12 bits per heavy atom. The summed E-state index contributed by atoms with van der Waals surface area (Å²) in [6.07, 6.45) is 1.74. The van der Waals surface area contributed by atoms with E-state index < -0.39 is 0 Å². The fourth-order valence-electron chi connectivity index (χ4n) is 1.41. The highest BCUT2D eigenvalue weighted by molar-refractivity contribution is 7.99. The number of nitrogen functional groups attached to an aromatic ring is 1. The van der Waals surface area contributed by atoms with Gasteiger partial charge >= 0.3 is 0 Å². The summed E-state index contributed by atoms with van der Waals surface area (Å²) < 4.78 is 0. The average Bonchev–Trinajstić information content (AvgIpc) is 2.24. The first-order valence-corrected chi connectivity index (χ1v) is 5.93. The van der Waals surface area contributed by atoms with E-state index in [2.05, 4.69) is 37.0 Å². The predicted molar refractivity (Wildman–Crippen MR) is 68.7 cm³/mol. The van der Waals surface area contributed by atoms with Gasteiger partial charge in [0.2, 0.25) is 0 Å². The number of rotatable bonds is 2. The molecule has 0 aliphatic heterocycles. The van der Waals surface area contributed by atoms with Crippen LogP contribution >= 0.6 is 11.8 Å². The highest BCUT2D eigenvalue weighted by atomic mass is 32.2. The van der Waals surface area contributed by atoms with Gasteiger partial charge in [0.15, 0.2) is 0 Å². The summed E-state index contributed by atoms with van der Waals surface area (Å²) >= 11 is 1.65.